The second-order valence-electron chi connectivity index (χ2n) is 11.2. The van der Waals surface area contributed by atoms with Crippen LogP contribution in [0.15, 0.2) is 30.3 Å². The third-order valence-electron chi connectivity index (χ3n) is 8.59. The van der Waals surface area contributed by atoms with Gasteiger partial charge in [-0.2, -0.15) is 0 Å². The Bertz CT molecular complexity index is 535. The van der Waals surface area contributed by atoms with Gasteiger partial charge in [0.15, 0.2) is 0 Å². The summed E-state index contributed by atoms with van der Waals surface area (Å²) in [5, 5.41) is 0. The van der Waals surface area contributed by atoms with Crippen LogP contribution in [0.25, 0.3) is 0 Å². The second-order valence-corrected chi connectivity index (χ2v) is 22.2. The van der Waals surface area contributed by atoms with Crippen molar-refractivity contribution < 1.29 is 19.0 Å². The van der Waals surface area contributed by atoms with Crippen LogP contribution < -0.4 is 3.32 Å². The summed E-state index contributed by atoms with van der Waals surface area (Å²) < 4.78 is 11.5. The van der Waals surface area contributed by atoms with E-state index < -0.39 is 15.7 Å². The predicted molar refractivity (Wildman–Crippen MR) is 143 cm³/mol. The Kier molecular flexibility index (Phi) is 15.2. The molecule has 0 amide bonds. The van der Waals surface area contributed by atoms with Crippen LogP contribution in [0.1, 0.15) is 131 Å². The molecule has 0 atom stereocenters. The van der Waals surface area contributed by atoms with E-state index in [-0.39, 0.29) is 0 Å². The molecule has 0 radical (unpaired) electrons. The summed E-state index contributed by atoms with van der Waals surface area (Å²) in [5.41, 5.74) is 0. The third kappa shape index (κ3) is 9.17. The van der Waals surface area contributed by atoms with Crippen molar-refractivity contribution in [1.82, 2.24) is 0 Å². The van der Waals surface area contributed by atoms with Crippen molar-refractivity contribution in [1.29, 1.82) is 0 Å². The number of hydrogen-bond acceptors (Lipinski definition) is 1. The van der Waals surface area contributed by atoms with Crippen molar-refractivity contribution in [2.75, 3.05) is 0 Å². The van der Waals surface area contributed by atoms with Crippen molar-refractivity contribution in [3.8, 4) is 5.75 Å². The molecule has 0 unspecified atom stereocenters. The number of hydrogen-bond donors (Lipinski definition) is 0. The Morgan fingerprint density at radius 1 is 0.562 bits per heavy atom. The minimum atomic E-state index is -3.29. The van der Waals surface area contributed by atoms with E-state index in [1.165, 1.54) is 99.3 Å². The average molecular weight is 482 g/mol. The number of para-hydroxylation sites is 1. The summed E-state index contributed by atoms with van der Waals surface area (Å²) in [4.78, 5) is 0. The van der Waals surface area contributed by atoms with E-state index in [4.69, 9.17) is 3.32 Å². The van der Waals surface area contributed by atoms with Gasteiger partial charge in [0.05, 0.1) is 0 Å². The molecule has 0 aromatic heterocycles. The summed E-state index contributed by atoms with van der Waals surface area (Å²) >= 11 is -3.29. The van der Waals surface area contributed by atoms with E-state index in [2.05, 4.69) is 71.9 Å². The molecule has 0 saturated heterocycles. The molecule has 0 aliphatic carbocycles. The first-order valence-corrected chi connectivity index (χ1v) is 19.0. The zero-order valence-electron chi connectivity index (χ0n) is 22.8. The van der Waals surface area contributed by atoms with E-state index in [1.807, 2.05) is 0 Å². The molecule has 187 valence electrons. The van der Waals surface area contributed by atoms with Gasteiger partial charge in [-0.15, -0.1) is 0 Å². The molecule has 1 rings (SSSR count). The summed E-state index contributed by atoms with van der Waals surface area (Å²) in [7, 11) is 0. The van der Waals surface area contributed by atoms with Gasteiger partial charge in [-0.05, 0) is 0 Å². The first-order chi connectivity index (χ1) is 15.4. The molecular weight excluding hydrogens is 424 g/mol. The Morgan fingerprint density at radius 2 is 0.938 bits per heavy atom. The Labute approximate surface area is 203 Å². The zero-order valence-corrected chi connectivity index (χ0v) is 24.3. The molecule has 1 aromatic carbocycles. The number of rotatable bonds is 20. The van der Waals surface area contributed by atoms with Crippen LogP contribution in [-0.4, -0.2) is 0 Å². The van der Waals surface area contributed by atoms with Crippen molar-refractivity contribution >= 4 is 0 Å². The fourth-order valence-corrected chi connectivity index (χ4v) is 17.6. The molecule has 0 fully saturated rings. The van der Waals surface area contributed by atoms with Crippen LogP contribution in [-0.2, 0) is 15.7 Å². The molecule has 0 aliphatic heterocycles. The van der Waals surface area contributed by atoms with Gasteiger partial charge in [0.25, 0.3) is 0 Å². The topological polar surface area (TPSA) is 9.23 Å². The maximum absolute atomic E-state index is 7.39. The molecule has 0 heterocycles. The van der Waals surface area contributed by atoms with Crippen LogP contribution in [0.2, 0.25) is 17.9 Å². The molecule has 0 bridgehead atoms. The molecule has 32 heavy (non-hydrogen) atoms. The molecule has 0 spiro atoms. The summed E-state index contributed by atoms with van der Waals surface area (Å²) in [6, 6.07) is 10.8. The second kappa shape index (κ2) is 16.4. The summed E-state index contributed by atoms with van der Waals surface area (Å²) in [6.07, 6.45) is 19.4. The van der Waals surface area contributed by atoms with Crippen molar-refractivity contribution in [3.05, 3.63) is 30.3 Å². The Hall–Kier alpha value is -0.266. The fraction of sp³-hybridized carbons (Fsp3) is 0.800. The van der Waals surface area contributed by atoms with Gasteiger partial charge >= 0.3 is 204 Å². The van der Waals surface area contributed by atoms with Gasteiger partial charge in [-0.3, -0.25) is 0 Å². The standard InChI is InChI=1S/2C9H19.C6H6O.2C3H7.Ti/c2*1-3-5-7-9-8-6-4-2;7-6-4-2-1-3-5-6;2*1-3-2;/h2*1,3-9H2,2H3;1-5,7H;2*3H,1-2H3;/q;;;;;+1/p-1. The predicted octanol–water partition coefficient (Wildman–Crippen LogP) is 11.7. The third-order valence-corrected chi connectivity index (χ3v) is 23.1. The van der Waals surface area contributed by atoms with E-state index in [0.717, 1.165) is 5.75 Å². The van der Waals surface area contributed by atoms with Gasteiger partial charge in [-0.1, -0.05) is 0 Å². The van der Waals surface area contributed by atoms with Gasteiger partial charge in [-0.25, -0.2) is 0 Å². The average Bonchev–Trinajstić information content (AvgIpc) is 2.78. The van der Waals surface area contributed by atoms with Gasteiger partial charge in [0.2, 0.25) is 0 Å². The molecule has 2 heteroatoms. The quantitative estimate of drug-likeness (QED) is 0.133. The van der Waals surface area contributed by atoms with Crippen molar-refractivity contribution in [3.63, 3.8) is 0 Å². The zero-order chi connectivity index (χ0) is 23.7. The number of unbranched alkanes of at least 4 members (excludes halogenated alkanes) is 12. The van der Waals surface area contributed by atoms with Crippen molar-refractivity contribution in [2.45, 2.75) is 149 Å². The summed E-state index contributed by atoms with van der Waals surface area (Å²) in [6.45, 7) is 14.6. The maximum atomic E-state index is 7.39. The first-order valence-electron chi connectivity index (χ1n) is 14.3. The van der Waals surface area contributed by atoms with E-state index >= 15 is 0 Å². The first kappa shape index (κ1) is 29.8. The van der Waals surface area contributed by atoms with Crippen LogP contribution >= 0.6 is 0 Å². The van der Waals surface area contributed by atoms with Crippen LogP contribution in [0.3, 0.4) is 0 Å². The number of benzene rings is 1. The molecule has 1 nitrogen and oxygen atoms in total. The molecule has 0 saturated carbocycles. The molecule has 0 N–H and O–H groups in total. The van der Waals surface area contributed by atoms with Gasteiger partial charge in [0, 0.05) is 0 Å². The minimum absolute atomic E-state index is 0.674. The fourth-order valence-electron chi connectivity index (χ4n) is 6.04. The Balaban J connectivity index is 2.93. The molecule has 1 aromatic rings. The van der Waals surface area contributed by atoms with Crippen LogP contribution in [0, 0.1) is 0 Å². The van der Waals surface area contributed by atoms with E-state index in [9.17, 15) is 0 Å². The van der Waals surface area contributed by atoms with Crippen LogP contribution in [0.5, 0.6) is 5.75 Å². The Morgan fingerprint density at radius 3 is 1.31 bits per heavy atom. The SMILES string of the molecule is CCCCCCCC[CH2][Ti]([CH2]CCCCCCCC)([O]c1ccccc1)([CH](C)C)[CH](C)C. The monoisotopic (exact) mass is 481 g/mol. The normalized spacial score (nSPS) is 13.4. The molecular formula is C30H57OTi. The van der Waals surface area contributed by atoms with E-state index in [0.29, 0.717) is 8.45 Å². The van der Waals surface area contributed by atoms with Gasteiger partial charge in [0.1, 0.15) is 0 Å². The van der Waals surface area contributed by atoms with Crippen LogP contribution in [0.4, 0.5) is 0 Å². The molecule has 0 aliphatic rings. The summed E-state index contributed by atoms with van der Waals surface area (Å²) in [5.74, 6) is 1.14. The van der Waals surface area contributed by atoms with Gasteiger partial charge < -0.3 is 0 Å². The van der Waals surface area contributed by atoms with Crippen molar-refractivity contribution in [2.24, 2.45) is 0 Å². The van der Waals surface area contributed by atoms with E-state index in [1.54, 1.807) is 0 Å².